The summed E-state index contributed by atoms with van der Waals surface area (Å²) in [6, 6.07) is 12.1. The van der Waals surface area contributed by atoms with Crippen LogP contribution in [0.3, 0.4) is 0 Å². The molecule has 0 unspecified atom stereocenters. The molecule has 0 bridgehead atoms. The lowest BCUT2D eigenvalue weighted by atomic mass is 10.2. The fourth-order valence-corrected chi connectivity index (χ4v) is 4.11. The summed E-state index contributed by atoms with van der Waals surface area (Å²) >= 11 is 2.89. The maximum Gasteiger partial charge on any atom is 0.317 e. The van der Waals surface area contributed by atoms with Gasteiger partial charge in [-0.15, -0.1) is 11.3 Å². The van der Waals surface area contributed by atoms with Crippen LogP contribution in [-0.2, 0) is 4.79 Å². The summed E-state index contributed by atoms with van der Waals surface area (Å²) in [6.07, 6.45) is 2.06. The van der Waals surface area contributed by atoms with Gasteiger partial charge in [0.1, 0.15) is 21.4 Å². The van der Waals surface area contributed by atoms with E-state index in [9.17, 15) is 9.90 Å². The SMILES string of the molecule is CC[C@H](Sc1ncnc2sc(-c3ccccc3)cc12)C(=O)O. The van der Waals surface area contributed by atoms with Crippen molar-refractivity contribution in [3.05, 3.63) is 42.7 Å². The normalized spacial score (nSPS) is 12.4. The van der Waals surface area contributed by atoms with E-state index in [4.69, 9.17) is 0 Å². The van der Waals surface area contributed by atoms with Crippen molar-refractivity contribution < 1.29 is 9.90 Å². The Morgan fingerprint density at radius 2 is 2.09 bits per heavy atom. The van der Waals surface area contributed by atoms with Gasteiger partial charge in [-0.1, -0.05) is 49.0 Å². The van der Waals surface area contributed by atoms with Crippen LogP contribution in [0.5, 0.6) is 0 Å². The Kier molecular flexibility index (Phi) is 4.40. The van der Waals surface area contributed by atoms with Gasteiger partial charge in [-0.25, -0.2) is 9.97 Å². The quantitative estimate of drug-likeness (QED) is 0.558. The van der Waals surface area contributed by atoms with Crippen molar-refractivity contribution in [1.82, 2.24) is 9.97 Å². The van der Waals surface area contributed by atoms with Crippen LogP contribution >= 0.6 is 23.1 Å². The number of fused-ring (bicyclic) bond motifs is 1. The number of aliphatic carboxylic acids is 1. The lowest BCUT2D eigenvalue weighted by Gasteiger charge is -2.08. The van der Waals surface area contributed by atoms with Crippen LogP contribution in [-0.4, -0.2) is 26.3 Å². The summed E-state index contributed by atoms with van der Waals surface area (Å²) in [5, 5.41) is 10.4. The molecule has 22 heavy (non-hydrogen) atoms. The number of nitrogens with zero attached hydrogens (tertiary/aromatic N) is 2. The van der Waals surface area contributed by atoms with E-state index >= 15 is 0 Å². The molecule has 0 amide bonds. The van der Waals surface area contributed by atoms with Crippen LogP contribution in [0.15, 0.2) is 47.8 Å². The van der Waals surface area contributed by atoms with Gasteiger partial charge in [0.15, 0.2) is 0 Å². The van der Waals surface area contributed by atoms with Gasteiger partial charge >= 0.3 is 5.97 Å². The second-order valence-corrected chi connectivity index (χ2v) is 6.95. The van der Waals surface area contributed by atoms with Gasteiger partial charge in [-0.2, -0.15) is 0 Å². The minimum Gasteiger partial charge on any atom is -0.480 e. The predicted octanol–water partition coefficient (Wildman–Crippen LogP) is 4.31. The Labute approximate surface area is 136 Å². The summed E-state index contributed by atoms with van der Waals surface area (Å²) in [4.78, 5) is 21.8. The third kappa shape index (κ3) is 2.98. The van der Waals surface area contributed by atoms with Crippen LogP contribution in [0.4, 0.5) is 0 Å². The summed E-state index contributed by atoms with van der Waals surface area (Å²) in [7, 11) is 0. The molecular formula is C16H14N2O2S2. The van der Waals surface area contributed by atoms with Crippen molar-refractivity contribution >= 4 is 39.3 Å². The van der Waals surface area contributed by atoms with E-state index < -0.39 is 11.2 Å². The third-order valence-electron chi connectivity index (χ3n) is 3.25. The first-order chi connectivity index (χ1) is 10.7. The van der Waals surface area contributed by atoms with Crippen molar-refractivity contribution in [2.45, 2.75) is 23.6 Å². The predicted molar refractivity (Wildman–Crippen MR) is 90.4 cm³/mol. The van der Waals surface area contributed by atoms with Crippen LogP contribution < -0.4 is 0 Å². The number of thiophene rings is 1. The highest BCUT2D eigenvalue weighted by Crippen LogP contribution is 2.37. The average molecular weight is 330 g/mol. The molecule has 4 nitrogen and oxygen atoms in total. The van der Waals surface area contributed by atoms with Crippen LogP contribution in [0, 0.1) is 0 Å². The number of thioether (sulfide) groups is 1. The number of aromatic nitrogens is 2. The van der Waals surface area contributed by atoms with E-state index in [1.165, 1.54) is 18.1 Å². The van der Waals surface area contributed by atoms with Crippen molar-refractivity contribution in [3.8, 4) is 10.4 Å². The molecule has 0 spiro atoms. The molecule has 0 radical (unpaired) electrons. The van der Waals surface area contributed by atoms with E-state index in [-0.39, 0.29) is 0 Å². The largest absolute Gasteiger partial charge is 0.480 e. The maximum absolute atomic E-state index is 11.2. The highest BCUT2D eigenvalue weighted by atomic mass is 32.2. The fourth-order valence-electron chi connectivity index (χ4n) is 2.12. The van der Waals surface area contributed by atoms with Crippen LogP contribution in [0.25, 0.3) is 20.7 Å². The molecule has 0 saturated heterocycles. The highest BCUT2D eigenvalue weighted by Gasteiger charge is 2.20. The number of hydrogen-bond donors (Lipinski definition) is 1. The molecule has 0 aliphatic carbocycles. The van der Waals surface area contributed by atoms with Gasteiger partial charge in [0.2, 0.25) is 0 Å². The van der Waals surface area contributed by atoms with Crippen molar-refractivity contribution in [3.63, 3.8) is 0 Å². The molecule has 1 aromatic carbocycles. The Hall–Kier alpha value is -1.92. The lowest BCUT2D eigenvalue weighted by molar-refractivity contribution is -0.136. The maximum atomic E-state index is 11.2. The van der Waals surface area contributed by atoms with Gasteiger partial charge in [-0.3, -0.25) is 4.79 Å². The Balaban J connectivity index is 2.02. The molecule has 1 atom stereocenters. The Morgan fingerprint density at radius 3 is 2.77 bits per heavy atom. The summed E-state index contributed by atoms with van der Waals surface area (Å²) < 4.78 is 0. The fraction of sp³-hybridized carbons (Fsp3) is 0.188. The number of hydrogen-bond acceptors (Lipinski definition) is 5. The lowest BCUT2D eigenvalue weighted by Crippen LogP contribution is -2.14. The molecule has 0 aliphatic heterocycles. The number of benzene rings is 1. The van der Waals surface area contributed by atoms with Gasteiger partial charge in [0.25, 0.3) is 0 Å². The summed E-state index contributed by atoms with van der Waals surface area (Å²) in [6.45, 7) is 1.87. The monoisotopic (exact) mass is 330 g/mol. The Bertz CT molecular complexity index is 802. The van der Waals surface area contributed by atoms with E-state index in [1.807, 2.05) is 31.2 Å². The first-order valence-electron chi connectivity index (χ1n) is 6.88. The summed E-state index contributed by atoms with van der Waals surface area (Å²) in [5.74, 6) is -0.808. The molecule has 6 heteroatoms. The van der Waals surface area contributed by atoms with Gasteiger partial charge in [0, 0.05) is 10.3 Å². The second-order valence-electron chi connectivity index (χ2n) is 4.73. The first-order valence-corrected chi connectivity index (χ1v) is 8.58. The van der Waals surface area contributed by atoms with Crippen LogP contribution in [0.2, 0.25) is 0 Å². The zero-order chi connectivity index (χ0) is 15.5. The van der Waals surface area contributed by atoms with E-state index in [2.05, 4.69) is 22.1 Å². The van der Waals surface area contributed by atoms with Crippen molar-refractivity contribution in [2.24, 2.45) is 0 Å². The minimum absolute atomic E-state index is 0.488. The van der Waals surface area contributed by atoms with E-state index in [1.54, 1.807) is 11.3 Å². The second kappa shape index (κ2) is 6.46. The molecule has 3 aromatic rings. The first kappa shape index (κ1) is 15.0. The topological polar surface area (TPSA) is 63.1 Å². The van der Waals surface area contributed by atoms with Crippen molar-refractivity contribution in [2.75, 3.05) is 0 Å². The molecule has 0 saturated carbocycles. The van der Waals surface area contributed by atoms with Gasteiger partial charge in [0.05, 0.1) is 0 Å². The number of carbonyl (C=O) groups is 1. The van der Waals surface area contributed by atoms with E-state index in [0.717, 1.165) is 25.7 Å². The molecular weight excluding hydrogens is 316 g/mol. The average Bonchev–Trinajstić information content (AvgIpc) is 2.98. The smallest absolute Gasteiger partial charge is 0.317 e. The molecule has 0 aliphatic rings. The minimum atomic E-state index is -0.808. The Morgan fingerprint density at radius 1 is 1.32 bits per heavy atom. The zero-order valence-corrected chi connectivity index (χ0v) is 13.5. The molecule has 1 N–H and O–H groups in total. The van der Waals surface area contributed by atoms with Crippen LogP contribution in [0.1, 0.15) is 13.3 Å². The molecule has 2 heterocycles. The number of rotatable bonds is 5. The molecule has 0 fully saturated rings. The third-order valence-corrected chi connectivity index (χ3v) is 5.71. The number of carboxylic acid groups (broad SMARTS) is 1. The molecule has 3 rings (SSSR count). The zero-order valence-electron chi connectivity index (χ0n) is 11.9. The van der Waals surface area contributed by atoms with Gasteiger partial charge < -0.3 is 5.11 Å². The molecule has 2 aromatic heterocycles. The molecule has 112 valence electrons. The standard InChI is InChI=1S/C16H14N2O2S2/c1-2-12(16(19)20)21-14-11-8-13(10-6-4-3-5-7-10)22-15(11)18-9-17-14/h3-9,12H,2H2,1H3,(H,19,20)/t12-/m0/s1. The number of carboxylic acids is 1. The summed E-state index contributed by atoms with van der Waals surface area (Å²) in [5.41, 5.74) is 1.13. The van der Waals surface area contributed by atoms with Crippen molar-refractivity contribution in [1.29, 1.82) is 0 Å². The van der Waals surface area contributed by atoms with Gasteiger partial charge in [-0.05, 0) is 18.1 Å². The highest BCUT2D eigenvalue weighted by molar-refractivity contribution is 8.00. The van der Waals surface area contributed by atoms with E-state index in [0.29, 0.717) is 6.42 Å².